The standard InChI is InChI=1S/C19H17NO4.C2H7N/c1-3-22-16-7-5-4-6-12(16)13-9-19(21)20(2)15-10-18-17(8-14(13)15)23-11-24-18;1-2-3/h4-10H,3,11H2,1-2H3;2-3H2,1H3. The van der Waals surface area contributed by atoms with Crippen molar-refractivity contribution in [2.24, 2.45) is 12.8 Å². The van der Waals surface area contributed by atoms with E-state index < -0.39 is 0 Å². The molecule has 142 valence electrons. The highest BCUT2D eigenvalue weighted by molar-refractivity contribution is 5.98. The Morgan fingerprint density at radius 3 is 2.44 bits per heavy atom. The van der Waals surface area contributed by atoms with Crippen LogP contribution in [0.1, 0.15) is 13.8 Å². The topological polar surface area (TPSA) is 75.7 Å². The van der Waals surface area contributed by atoms with Crippen LogP contribution in [-0.4, -0.2) is 24.5 Å². The first-order valence-electron chi connectivity index (χ1n) is 8.96. The summed E-state index contributed by atoms with van der Waals surface area (Å²) in [4.78, 5) is 12.4. The summed E-state index contributed by atoms with van der Waals surface area (Å²) in [7, 11) is 1.76. The molecule has 0 atom stereocenters. The monoisotopic (exact) mass is 368 g/mol. The van der Waals surface area contributed by atoms with Crippen LogP contribution in [0.15, 0.2) is 47.3 Å². The number of aryl methyl sites for hydroxylation is 1. The number of hydrogen-bond donors (Lipinski definition) is 1. The first-order valence-corrected chi connectivity index (χ1v) is 8.96. The molecule has 0 saturated carbocycles. The fraction of sp³-hybridized carbons (Fsp3) is 0.286. The molecule has 0 saturated heterocycles. The molecular weight excluding hydrogens is 344 g/mol. The van der Waals surface area contributed by atoms with Crippen molar-refractivity contribution in [3.05, 3.63) is 52.8 Å². The van der Waals surface area contributed by atoms with E-state index in [1.54, 1.807) is 17.7 Å². The highest BCUT2D eigenvalue weighted by Crippen LogP contribution is 2.40. The molecule has 2 heterocycles. The third-order valence-electron chi connectivity index (χ3n) is 4.22. The molecule has 0 aliphatic carbocycles. The van der Waals surface area contributed by atoms with Crippen molar-refractivity contribution in [2.75, 3.05) is 19.9 Å². The normalized spacial score (nSPS) is 11.9. The molecule has 1 aromatic heterocycles. The van der Waals surface area contributed by atoms with E-state index in [2.05, 4.69) is 0 Å². The largest absolute Gasteiger partial charge is 0.493 e. The lowest BCUT2D eigenvalue weighted by Gasteiger charge is -2.14. The molecule has 3 aromatic rings. The van der Waals surface area contributed by atoms with Gasteiger partial charge in [-0.2, -0.15) is 0 Å². The Hall–Kier alpha value is -2.99. The summed E-state index contributed by atoms with van der Waals surface area (Å²) in [5.74, 6) is 2.11. The summed E-state index contributed by atoms with van der Waals surface area (Å²) in [6.07, 6.45) is 0. The number of benzene rings is 2. The second-order valence-corrected chi connectivity index (χ2v) is 6.02. The van der Waals surface area contributed by atoms with Crippen LogP contribution < -0.4 is 25.5 Å². The lowest BCUT2D eigenvalue weighted by Crippen LogP contribution is -2.16. The van der Waals surface area contributed by atoms with Gasteiger partial charge >= 0.3 is 0 Å². The SMILES string of the molecule is CCN.CCOc1ccccc1-c1cc(=O)n(C)c2cc3c(cc12)OCO3. The molecule has 4 rings (SSSR count). The average Bonchev–Trinajstić information content (AvgIpc) is 3.12. The number of fused-ring (bicyclic) bond motifs is 2. The van der Waals surface area contributed by atoms with E-state index in [4.69, 9.17) is 19.9 Å². The molecule has 0 unspecified atom stereocenters. The summed E-state index contributed by atoms with van der Waals surface area (Å²) in [5, 5.41) is 0.925. The van der Waals surface area contributed by atoms with Crippen LogP contribution in [0.2, 0.25) is 0 Å². The van der Waals surface area contributed by atoms with Crippen molar-refractivity contribution in [3.63, 3.8) is 0 Å². The smallest absolute Gasteiger partial charge is 0.251 e. The summed E-state index contributed by atoms with van der Waals surface area (Å²) < 4.78 is 18.3. The quantitative estimate of drug-likeness (QED) is 0.768. The Balaban J connectivity index is 0.000000659. The second kappa shape index (κ2) is 8.14. The number of nitrogens with two attached hydrogens (primary N) is 1. The summed E-state index contributed by atoms with van der Waals surface area (Å²) >= 11 is 0. The lowest BCUT2D eigenvalue weighted by atomic mass is 9.99. The van der Waals surface area contributed by atoms with Crippen LogP contribution in [0.25, 0.3) is 22.0 Å². The number of rotatable bonds is 3. The maximum atomic E-state index is 12.4. The minimum Gasteiger partial charge on any atom is -0.493 e. The van der Waals surface area contributed by atoms with Crippen molar-refractivity contribution >= 4 is 10.9 Å². The number of nitrogens with zero attached hydrogens (tertiary/aromatic N) is 1. The Labute approximate surface area is 158 Å². The molecule has 0 spiro atoms. The Bertz CT molecular complexity index is 1010. The number of hydrogen-bond acceptors (Lipinski definition) is 5. The maximum Gasteiger partial charge on any atom is 0.251 e. The van der Waals surface area contributed by atoms with Gasteiger partial charge < -0.3 is 24.5 Å². The molecule has 27 heavy (non-hydrogen) atoms. The van der Waals surface area contributed by atoms with E-state index in [-0.39, 0.29) is 12.4 Å². The van der Waals surface area contributed by atoms with Crippen LogP contribution >= 0.6 is 0 Å². The molecule has 0 fully saturated rings. The van der Waals surface area contributed by atoms with E-state index in [9.17, 15) is 4.79 Å². The van der Waals surface area contributed by atoms with Crippen LogP contribution in [0.3, 0.4) is 0 Å². The Kier molecular flexibility index (Phi) is 5.66. The fourth-order valence-electron chi connectivity index (χ4n) is 3.03. The van der Waals surface area contributed by atoms with Gasteiger partial charge in [0.1, 0.15) is 5.75 Å². The molecule has 6 nitrogen and oxygen atoms in total. The number of ether oxygens (including phenoxy) is 3. The molecule has 6 heteroatoms. The molecule has 1 aliphatic heterocycles. The zero-order chi connectivity index (χ0) is 19.4. The minimum atomic E-state index is -0.0809. The second-order valence-electron chi connectivity index (χ2n) is 6.02. The van der Waals surface area contributed by atoms with Gasteiger partial charge in [0, 0.05) is 35.7 Å². The number of pyridine rings is 1. The van der Waals surface area contributed by atoms with Crippen molar-refractivity contribution in [2.45, 2.75) is 13.8 Å². The molecule has 0 bridgehead atoms. The predicted molar refractivity (Wildman–Crippen MR) is 107 cm³/mol. The van der Waals surface area contributed by atoms with E-state index >= 15 is 0 Å². The average molecular weight is 368 g/mol. The van der Waals surface area contributed by atoms with Gasteiger partial charge in [-0.05, 0) is 25.6 Å². The molecule has 2 N–H and O–H groups in total. The third-order valence-corrected chi connectivity index (χ3v) is 4.22. The summed E-state index contributed by atoms with van der Waals surface area (Å²) in [6.45, 7) is 5.35. The van der Waals surface area contributed by atoms with E-state index in [0.717, 1.165) is 34.3 Å². The summed E-state index contributed by atoms with van der Waals surface area (Å²) in [6, 6.07) is 13.2. The third kappa shape index (κ3) is 3.61. The first kappa shape index (κ1) is 18.8. The van der Waals surface area contributed by atoms with Gasteiger partial charge in [-0.1, -0.05) is 25.1 Å². The van der Waals surface area contributed by atoms with Gasteiger partial charge in [-0.25, -0.2) is 0 Å². The molecule has 2 aromatic carbocycles. The van der Waals surface area contributed by atoms with Crippen LogP contribution in [0.5, 0.6) is 17.2 Å². The van der Waals surface area contributed by atoms with Crippen LogP contribution in [-0.2, 0) is 7.05 Å². The van der Waals surface area contributed by atoms with Gasteiger partial charge in [-0.15, -0.1) is 0 Å². The number of aromatic nitrogens is 1. The van der Waals surface area contributed by atoms with Gasteiger partial charge in [0.2, 0.25) is 6.79 Å². The minimum absolute atomic E-state index is 0.0809. The van der Waals surface area contributed by atoms with Crippen LogP contribution in [0, 0.1) is 0 Å². The number of para-hydroxylation sites is 1. The Morgan fingerprint density at radius 1 is 1.07 bits per heavy atom. The molecule has 0 amide bonds. The van der Waals surface area contributed by atoms with E-state index in [0.29, 0.717) is 18.1 Å². The van der Waals surface area contributed by atoms with Gasteiger partial charge in [0.05, 0.1) is 12.1 Å². The first-order chi connectivity index (χ1) is 13.1. The molecule has 0 radical (unpaired) electrons. The Morgan fingerprint density at radius 2 is 1.74 bits per heavy atom. The molecular formula is C21H24N2O4. The maximum absolute atomic E-state index is 12.4. The van der Waals surface area contributed by atoms with Gasteiger partial charge in [0.15, 0.2) is 11.5 Å². The summed E-state index contributed by atoms with van der Waals surface area (Å²) in [5.41, 5.74) is 7.28. The highest BCUT2D eigenvalue weighted by atomic mass is 16.7. The lowest BCUT2D eigenvalue weighted by molar-refractivity contribution is 0.174. The van der Waals surface area contributed by atoms with E-state index in [1.807, 2.05) is 50.2 Å². The van der Waals surface area contributed by atoms with Gasteiger partial charge in [-0.3, -0.25) is 4.79 Å². The van der Waals surface area contributed by atoms with Gasteiger partial charge in [0.25, 0.3) is 5.56 Å². The fourth-order valence-corrected chi connectivity index (χ4v) is 3.03. The van der Waals surface area contributed by atoms with Crippen molar-refractivity contribution in [3.8, 4) is 28.4 Å². The zero-order valence-corrected chi connectivity index (χ0v) is 15.8. The van der Waals surface area contributed by atoms with Crippen molar-refractivity contribution in [1.82, 2.24) is 4.57 Å². The molecule has 1 aliphatic rings. The van der Waals surface area contributed by atoms with Crippen molar-refractivity contribution in [1.29, 1.82) is 0 Å². The predicted octanol–water partition coefficient (Wildman–Crippen LogP) is 3.30. The zero-order valence-electron chi connectivity index (χ0n) is 15.8. The van der Waals surface area contributed by atoms with E-state index in [1.165, 1.54) is 0 Å². The van der Waals surface area contributed by atoms with Crippen molar-refractivity contribution < 1.29 is 14.2 Å². The highest BCUT2D eigenvalue weighted by Gasteiger charge is 2.19. The van der Waals surface area contributed by atoms with Crippen LogP contribution in [0.4, 0.5) is 0 Å².